The van der Waals surface area contributed by atoms with Crippen molar-refractivity contribution >= 4 is 12.0 Å². The Morgan fingerprint density at radius 1 is 1.19 bits per heavy atom. The number of halogens is 3. The summed E-state index contributed by atoms with van der Waals surface area (Å²) in [5.41, 5.74) is 2.82. The van der Waals surface area contributed by atoms with E-state index in [0.717, 1.165) is 17.9 Å². The number of hydrogen-bond acceptors (Lipinski definition) is 3. The Morgan fingerprint density at radius 3 is 2.31 bits per heavy atom. The van der Waals surface area contributed by atoms with Crippen molar-refractivity contribution in [2.24, 2.45) is 5.92 Å². The second kappa shape index (κ2) is 10.2. The number of benzene rings is 1. The minimum absolute atomic E-state index is 0.338. The molecule has 0 aliphatic carbocycles. The van der Waals surface area contributed by atoms with Gasteiger partial charge in [-0.25, -0.2) is 0 Å². The summed E-state index contributed by atoms with van der Waals surface area (Å²) >= 11 is 0. The molecule has 0 N–H and O–H groups in total. The van der Waals surface area contributed by atoms with Crippen molar-refractivity contribution < 1.29 is 18.0 Å². The number of aryl methyl sites for hydroxylation is 1. The van der Waals surface area contributed by atoms with Crippen LogP contribution in [0.2, 0.25) is 0 Å². The van der Waals surface area contributed by atoms with Crippen LogP contribution >= 0.6 is 0 Å². The van der Waals surface area contributed by atoms with E-state index in [1.165, 1.54) is 30.3 Å². The monoisotopic (exact) mass is 442 g/mol. The van der Waals surface area contributed by atoms with Gasteiger partial charge in [-0.15, -0.1) is 0 Å². The highest BCUT2D eigenvalue weighted by Gasteiger charge is 2.34. The van der Waals surface area contributed by atoms with Gasteiger partial charge >= 0.3 is 6.18 Å². The van der Waals surface area contributed by atoms with Gasteiger partial charge in [-0.3, -0.25) is 4.79 Å². The largest absolute Gasteiger partial charge is 0.406 e. The molecule has 0 spiro atoms. The van der Waals surface area contributed by atoms with Gasteiger partial charge in [0.2, 0.25) is 0 Å². The maximum Gasteiger partial charge on any atom is 0.406 e. The zero-order valence-corrected chi connectivity index (χ0v) is 18.5. The normalized spacial score (nSPS) is 11.9. The highest BCUT2D eigenvalue weighted by atomic mass is 19.4. The molecule has 0 aliphatic rings. The number of alkyl halides is 3. The zero-order valence-electron chi connectivity index (χ0n) is 18.5. The molecule has 1 heterocycles. The lowest BCUT2D eigenvalue weighted by molar-refractivity contribution is -0.159. The van der Waals surface area contributed by atoms with Crippen LogP contribution in [0.5, 0.6) is 0 Å². The third kappa shape index (κ3) is 6.49. The second-order valence-corrected chi connectivity index (χ2v) is 8.09. The molecule has 1 amide bonds. The Kier molecular flexibility index (Phi) is 7.88. The number of nitriles is 2. The van der Waals surface area contributed by atoms with Crippen molar-refractivity contribution in [1.29, 1.82) is 10.5 Å². The summed E-state index contributed by atoms with van der Waals surface area (Å²) < 4.78 is 41.6. The van der Waals surface area contributed by atoms with Crippen LogP contribution in [0.4, 0.5) is 13.2 Å². The lowest BCUT2D eigenvalue weighted by Gasteiger charge is -2.24. The SMILES string of the molecule is Cc1cc(/C=C(/C#N)C(=O)N(Cc2ccc(C#N)cc2)CC(F)(F)F)c(C)n1CC(C)C. The van der Waals surface area contributed by atoms with Crippen LogP contribution in [-0.4, -0.2) is 28.1 Å². The molecule has 0 aliphatic heterocycles. The average molecular weight is 442 g/mol. The van der Waals surface area contributed by atoms with Crippen molar-refractivity contribution in [2.75, 3.05) is 6.54 Å². The summed E-state index contributed by atoms with van der Waals surface area (Å²) in [7, 11) is 0. The highest BCUT2D eigenvalue weighted by molar-refractivity contribution is 6.01. The van der Waals surface area contributed by atoms with Crippen LogP contribution in [-0.2, 0) is 17.9 Å². The van der Waals surface area contributed by atoms with Crippen LogP contribution in [0.15, 0.2) is 35.9 Å². The van der Waals surface area contributed by atoms with Crippen molar-refractivity contribution in [3.05, 3.63) is 64.0 Å². The first-order chi connectivity index (χ1) is 14.9. The van der Waals surface area contributed by atoms with E-state index in [2.05, 4.69) is 18.4 Å². The van der Waals surface area contributed by atoms with Gasteiger partial charge in [-0.05, 0) is 55.2 Å². The Balaban J connectivity index is 2.39. The summed E-state index contributed by atoms with van der Waals surface area (Å²) in [6.07, 6.45) is -3.28. The zero-order chi connectivity index (χ0) is 24.1. The van der Waals surface area contributed by atoms with E-state index in [1.54, 1.807) is 6.07 Å². The highest BCUT2D eigenvalue weighted by Crippen LogP contribution is 2.23. The first kappa shape index (κ1) is 24.7. The molecule has 0 bridgehead atoms. The van der Waals surface area contributed by atoms with Gasteiger partial charge in [0.25, 0.3) is 5.91 Å². The predicted molar refractivity (Wildman–Crippen MR) is 115 cm³/mol. The Morgan fingerprint density at radius 2 is 1.81 bits per heavy atom. The van der Waals surface area contributed by atoms with Crippen molar-refractivity contribution in [1.82, 2.24) is 9.47 Å². The summed E-state index contributed by atoms with van der Waals surface area (Å²) in [6, 6.07) is 11.4. The number of rotatable bonds is 7. The van der Waals surface area contributed by atoms with Crippen LogP contribution in [0, 0.1) is 42.4 Å². The topological polar surface area (TPSA) is 72.8 Å². The Labute approximate surface area is 186 Å². The van der Waals surface area contributed by atoms with E-state index in [0.29, 0.717) is 27.5 Å². The quantitative estimate of drug-likeness (QED) is 0.441. The maximum atomic E-state index is 13.2. The predicted octanol–water partition coefficient (Wildman–Crippen LogP) is 5.13. The molecule has 1 aromatic carbocycles. The molecule has 0 atom stereocenters. The van der Waals surface area contributed by atoms with Gasteiger partial charge in [-0.1, -0.05) is 26.0 Å². The minimum atomic E-state index is -4.63. The fourth-order valence-corrected chi connectivity index (χ4v) is 3.41. The summed E-state index contributed by atoms with van der Waals surface area (Å²) in [4.78, 5) is 13.5. The third-order valence-corrected chi connectivity index (χ3v) is 4.93. The molecule has 0 saturated heterocycles. The van der Waals surface area contributed by atoms with Gasteiger partial charge in [0.05, 0.1) is 11.6 Å². The lowest BCUT2D eigenvalue weighted by Crippen LogP contribution is -2.39. The molecule has 8 heteroatoms. The van der Waals surface area contributed by atoms with Crippen LogP contribution in [0.3, 0.4) is 0 Å². The molecule has 2 rings (SSSR count). The number of nitrogens with zero attached hydrogens (tertiary/aromatic N) is 4. The van der Waals surface area contributed by atoms with E-state index >= 15 is 0 Å². The van der Waals surface area contributed by atoms with Crippen molar-refractivity contribution in [3.63, 3.8) is 0 Å². The molecule has 2 aromatic rings. The smallest absolute Gasteiger partial charge is 0.348 e. The van der Waals surface area contributed by atoms with Crippen molar-refractivity contribution in [2.45, 2.75) is 47.0 Å². The average Bonchev–Trinajstić information content (AvgIpc) is 2.97. The van der Waals surface area contributed by atoms with Crippen molar-refractivity contribution in [3.8, 4) is 12.1 Å². The molecule has 0 fully saturated rings. The molecular formula is C24H25F3N4O. The number of hydrogen-bond donors (Lipinski definition) is 0. The van der Waals surface area contributed by atoms with Gasteiger partial charge in [-0.2, -0.15) is 23.7 Å². The van der Waals surface area contributed by atoms with E-state index in [1.807, 2.05) is 26.0 Å². The summed E-state index contributed by atoms with van der Waals surface area (Å²) in [6.45, 7) is 6.81. The molecule has 5 nitrogen and oxygen atoms in total. The molecule has 168 valence electrons. The first-order valence-corrected chi connectivity index (χ1v) is 10.1. The fourth-order valence-electron chi connectivity index (χ4n) is 3.41. The number of carbonyl (C=O) groups excluding carboxylic acids is 1. The number of aromatic nitrogens is 1. The molecule has 32 heavy (non-hydrogen) atoms. The van der Waals surface area contributed by atoms with E-state index in [-0.39, 0.29) is 12.1 Å². The van der Waals surface area contributed by atoms with Crippen LogP contribution in [0.1, 0.15) is 41.9 Å². The van der Waals surface area contributed by atoms with E-state index < -0.39 is 18.6 Å². The van der Waals surface area contributed by atoms with Gasteiger partial charge in [0.1, 0.15) is 18.2 Å². The summed E-state index contributed by atoms with van der Waals surface area (Å²) in [5.74, 6) is -0.619. The van der Waals surface area contributed by atoms with Gasteiger partial charge in [0, 0.05) is 24.5 Å². The molecule has 0 unspecified atom stereocenters. The first-order valence-electron chi connectivity index (χ1n) is 10.1. The number of amides is 1. The second-order valence-electron chi connectivity index (χ2n) is 8.09. The minimum Gasteiger partial charge on any atom is -0.348 e. The molecular weight excluding hydrogens is 417 g/mol. The lowest BCUT2D eigenvalue weighted by atomic mass is 10.1. The fraction of sp³-hybridized carbons (Fsp3) is 0.375. The maximum absolute atomic E-state index is 13.2. The molecule has 1 aromatic heterocycles. The van der Waals surface area contributed by atoms with Crippen LogP contribution in [0.25, 0.3) is 6.08 Å². The third-order valence-electron chi connectivity index (χ3n) is 4.93. The number of carbonyl (C=O) groups is 1. The van der Waals surface area contributed by atoms with E-state index in [9.17, 15) is 23.2 Å². The van der Waals surface area contributed by atoms with E-state index in [4.69, 9.17) is 5.26 Å². The van der Waals surface area contributed by atoms with Crippen LogP contribution < -0.4 is 0 Å². The van der Waals surface area contributed by atoms with Gasteiger partial charge in [0.15, 0.2) is 0 Å². The molecule has 0 radical (unpaired) electrons. The standard InChI is InChI=1S/C24H25F3N4O/c1-16(2)13-31-17(3)9-21(18(31)4)10-22(12-29)23(32)30(15-24(25,26)27)14-20-7-5-19(11-28)6-8-20/h5-10,16H,13-15H2,1-4H3/b22-10-. The molecule has 0 saturated carbocycles. The Bertz CT molecular complexity index is 1080. The summed E-state index contributed by atoms with van der Waals surface area (Å²) in [5, 5.41) is 18.4. The van der Waals surface area contributed by atoms with Gasteiger partial charge < -0.3 is 9.47 Å². The Hall–Kier alpha value is -3.52.